The normalized spacial score (nSPS) is 15.2. The Morgan fingerprint density at radius 2 is 1.59 bits per heavy atom. The van der Waals surface area contributed by atoms with Crippen molar-refractivity contribution in [2.75, 3.05) is 13.2 Å². The van der Waals surface area contributed by atoms with Gasteiger partial charge in [-0.1, -0.05) is 19.1 Å². The van der Waals surface area contributed by atoms with Crippen molar-refractivity contribution in [1.29, 1.82) is 0 Å². The van der Waals surface area contributed by atoms with Crippen molar-refractivity contribution in [1.82, 2.24) is 14.9 Å². The summed E-state index contributed by atoms with van der Waals surface area (Å²) in [5, 5.41) is 33.8. The molecule has 1 saturated heterocycles. The van der Waals surface area contributed by atoms with E-state index < -0.39 is 36.4 Å². The maximum Gasteiger partial charge on any atom is 0.336 e. The van der Waals surface area contributed by atoms with Crippen LogP contribution in [-0.2, 0) is 38.6 Å². The molecule has 1 fully saturated rings. The molecule has 1 aromatic carbocycles. The number of rotatable bonds is 12. The van der Waals surface area contributed by atoms with Crippen molar-refractivity contribution < 1.29 is 43.9 Å². The van der Waals surface area contributed by atoms with Gasteiger partial charge in [0.1, 0.15) is 11.6 Å². The van der Waals surface area contributed by atoms with Crippen LogP contribution in [0.1, 0.15) is 49.6 Å². The number of carbonyl (C=O) groups is 3. The van der Waals surface area contributed by atoms with E-state index in [0.29, 0.717) is 0 Å². The van der Waals surface area contributed by atoms with E-state index in [1.165, 1.54) is 12.1 Å². The molecule has 0 spiro atoms. The van der Waals surface area contributed by atoms with Crippen LogP contribution in [0.3, 0.4) is 0 Å². The number of benzene rings is 1. The highest BCUT2D eigenvalue weighted by atomic mass is 19.1. The molecule has 3 rings (SSSR count). The molecule has 4 N–H and O–H groups in total. The maximum atomic E-state index is 13.1. The van der Waals surface area contributed by atoms with Crippen LogP contribution in [0, 0.1) is 5.82 Å². The van der Waals surface area contributed by atoms with E-state index in [2.05, 4.69) is 14.9 Å². The number of hydrogen-bond donors (Lipinski definition) is 4. The van der Waals surface area contributed by atoms with Gasteiger partial charge in [0.25, 0.3) is 0 Å². The van der Waals surface area contributed by atoms with Gasteiger partial charge in [0, 0.05) is 50.6 Å². The average molecular weight is 522 g/mol. The van der Waals surface area contributed by atoms with Gasteiger partial charge in [0.15, 0.2) is 5.60 Å². The molecule has 37 heavy (non-hydrogen) atoms. The smallest absolute Gasteiger partial charge is 0.336 e. The second-order valence-electron chi connectivity index (χ2n) is 8.77. The Labute approximate surface area is 213 Å². The fourth-order valence-electron chi connectivity index (χ4n) is 3.73. The van der Waals surface area contributed by atoms with Crippen molar-refractivity contribution in [2.24, 2.45) is 0 Å². The van der Waals surface area contributed by atoms with Gasteiger partial charge in [-0.3, -0.25) is 14.5 Å². The van der Waals surface area contributed by atoms with Crippen LogP contribution in [0.2, 0.25) is 0 Å². The molecule has 1 aromatic heterocycles. The Kier molecular flexibility index (Phi) is 11.5. The zero-order valence-electron chi connectivity index (χ0n) is 20.5. The average Bonchev–Trinajstić information content (AvgIpc) is 3.33. The van der Waals surface area contributed by atoms with Crippen LogP contribution >= 0.6 is 0 Å². The third-order valence-electron chi connectivity index (χ3n) is 5.57. The standard InChI is InChI=1S/C19H24FN3O.C6H8O7/c1-2-19-21-10-16(11-22-19)13-23(14-18-4-3-9-24-18)12-15-5-7-17(20)8-6-15;7-3(8)1-6(13,5(11)12)2-4(9)10/h5-8,10-11,18H,2-4,9,12-14H2,1H3;13H,1-2H2,(H,7,8)(H,9,10)(H,11,12). The molecule has 2 aromatic rings. The Morgan fingerprint density at radius 3 is 2.05 bits per heavy atom. The van der Waals surface area contributed by atoms with Crippen molar-refractivity contribution in [2.45, 2.75) is 63.8 Å². The summed E-state index contributed by atoms with van der Waals surface area (Å²) in [6.45, 7) is 5.29. The number of aliphatic hydroxyl groups is 1. The molecule has 1 atom stereocenters. The lowest BCUT2D eigenvalue weighted by Gasteiger charge is -2.25. The molecule has 202 valence electrons. The van der Waals surface area contributed by atoms with Crippen LogP contribution in [0.4, 0.5) is 4.39 Å². The quantitative estimate of drug-likeness (QED) is 0.322. The Morgan fingerprint density at radius 1 is 1.03 bits per heavy atom. The van der Waals surface area contributed by atoms with E-state index in [1.54, 1.807) is 0 Å². The van der Waals surface area contributed by atoms with Crippen LogP contribution in [0.5, 0.6) is 0 Å². The molecule has 1 unspecified atom stereocenters. The van der Waals surface area contributed by atoms with Crippen molar-refractivity contribution in [3.63, 3.8) is 0 Å². The van der Waals surface area contributed by atoms with Gasteiger partial charge in [0.05, 0.1) is 18.9 Å². The highest BCUT2D eigenvalue weighted by molar-refractivity contribution is 5.88. The summed E-state index contributed by atoms with van der Waals surface area (Å²) in [6, 6.07) is 6.71. The largest absolute Gasteiger partial charge is 0.481 e. The summed E-state index contributed by atoms with van der Waals surface area (Å²) in [5.41, 5.74) is -0.551. The second kappa shape index (κ2) is 14.3. The zero-order valence-corrected chi connectivity index (χ0v) is 20.5. The molecule has 0 amide bonds. The molecule has 0 bridgehead atoms. The first-order valence-electron chi connectivity index (χ1n) is 11.8. The summed E-state index contributed by atoms with van der Waals surface area (Å²) in [4.78, 5) is 41.6. The molecule has 1 aliphatic heterocycles. The molecule has 0 saturated carbocycles. The molecule has 1 aliphatic rings. The van der Waals surface area contributed by atoms with Gasteiger partial charge in [-0.2, -0.15) is 0 Å². The number of ether oxygens (including phenoxy) is 1. The van der Waals surface area contributed by atoms with E-state index in [4.69, 9.17) is 25.2 Å². The Bertz CT molecular complexity index is 1010. The van der Waals surface area contributed by atoms with E-state index in [0.717, 1.165) is 62.5 Å². The molecular weight excluding hydrogens is 489 g/mol. The summed E-state index contributed by atoms with van der Waals surface area (Å²) >= 11 is 0. The summed E-state index contributed by atoms with van der Waals surface area (Å²) in [5.74, 6) is -4.36. The lowest BCUT2D eigenvalue weighted by atomic mass is 9.96. The molecule has 0 aliphatic carbocycles. The SMILES string of the molecule is CCc1ncc(CN(Cc2ccc(F)cc2)CC2CCCO2)cn1.O=C(O)CC(O)(CC(=O)O)C(=O)O. The Balaban J connectivity index is 0.000000317. The first-order chi connectivity index (χ1) is 17.5. The predicted molar refractivity (Wildman–Crippen MR) is 128 cm³/mol. The zero-order chi connectivity index (χ0) is 27.4. The number of aryl methyl sites for hydroxylation is 1. The van der Waals surface area contributed by atoms with Gasteiger partial charge in [-0.25, -0.2) is 19.2 Å². The maximum absolute atomic E-state index is 13.1. The summed E-state index contributed by atoms with van der Waals surface area (Å²) in [6.07, 6.45) is 4.87. The monoisotopic (exact) mass is 521 g/mol. The van der Waals surface area contributed by atoms with Gasteiger partial charge in [-0.05, 0) is 30.5 Å². The van der Waals surface area contributed by atoms with Crippen molar-refractivity contribution in [3.8, 4) is 0 Å². The van der Waals surface area contributed by atoms with Gasteiger partial charge in [-0.15, -0.1) is 0 Å². The highest BCUT2D eigenvalue weighted by Gasteiger charge is 2.40. The van der Waals surface area contributed by atoms with Gasteiger partial charge >= 0.3 is 17.9 Å². The third kappa shape index (κ3) is 10.6. The van der Waals surface area contributed by atoms with Crippen LogP contribution < -0.4 is 0 Å². The van der Waals surface area contributed by atoms with Crippen LogP contribution in [0.15, 0.2) is 36.7 Å². The van der Waals surface area contributed by atoms with Crippen LogP contribution in [-0.4, -0.2) is 78.1 Å². The number of aliphatic carboxylic acids is 3. The van der Waals surface area contributed by atoms with E-state index in [-0.39, 0.29) is 11.9 Å². The number of nitrogens with zero attached hydrogens (tertiary/aromatic N) is 3. The highest BCUT2D eigenvalue weighted by Crippen LogP contribution is 2.18. The fraction of sp³-hybridized carbons (Fsp3) is 0.480. The van der Waals surface area contributed by atoms with Crippen molar-refractivity contribution >= 4 is 17.9 Å². The van der Waals surface area contributed by atoms with Gasteiger partial charge in [0.2, 0.25) is 0 Å². The summed E-state index contributed by atoms with van der Waals surface area (Å²) < 4.78 is 18.9. The number of hydrogen-bond acceptors (Lipinski definition) is 8. The third-order valence-corrected chi connectivity index (χ3v) is 5.57. The molecule has 0 radical (unpaired) electrons. The van der Waals surface area contributed by atoms with Crippen molar-refractivity contribution in [3.05, 3.63) is 59.4 Å². The summed E-state index contributed by atoms with van der Waals surface area (Å²) in [7, 11) is 0. The second-order valence-corrected chi connectivity index (χ2v) is 8.77. The van der Waals surface area contributed by atoms with E-state index >= 15 is 0 Å². The minimum Gasteiger partial charge on any atom is -0.481 e. The number of carboxylic acid groups (broad SMARTS) is 3. The molecule has 11 nitrogen and oxygen atoms in total. The number of carboxylic acids is 3. The minimum absolute atomic E-state index is 0.201. The van der Waals surface area contributed by atoms with E-state index in [1.807, 2.05) is 31.5 Å². The first kappa shape index (κ1) is 29.7. The number of aromatic nitrogens is 2. The molecular formula is C25H32FN3O8. The van der Waals surface area contributed by atoms with E-state index in [9.17, 15) is 18.8 Å². The molecule has 2 heterocycles. The first-order valence-corrected chi connectivity index (χ1v) is 11.8. The number of halogens is 1. The Hall–Kier alpha value is -3.48. The minimum atomic E-state index is -2.74. The van der Waals surface area contributed by atoms with Gasteiger partial charge < -0.3 is 25.2 Å². The fourth-order valence-corrected chi connectivity index (χ4v) is 3.73. The lowest BCUT2D eigenvalue weighted by Crippen LogP contribution is -2.42. The lowest BCUT2D eigenvalue weighted by molar-refractivity contribution is -0.170. The molecule has 12 heteroatoms. The predicted octanol–water partition coefficient (Wildman–Crippen LogP) is 2.11. The topological polar surface area (TPSA) is 170 Å². The van der Waals surface area contributed by atoms with Crippen LogP contribution in [0.25, 0.3) is 0 Å².